The zero-order chi connectivity index (χ0) is 20.8. The fourth-order valence-electron chi connectivity index (χ4n) is 3.97. The van der Waals surface area contributed by atoms with E-state index in [4.69, 9.17) is 4.74 Å². The maximum atomic E-state index is 13.1. The Balaban J connectivity index is 1.67. The third kappa shape index (κ3) is 3.72. The number of methoxy groups -OCH3 is 1. The highest BCUT2D eigenvalue weighted by atomic mass is 32.2. The second-order valence-electron chi connectivity index (χ2n) is 7.59. The molecule has 0 saturated carbocycles. The summed E-state index contributed by atoms with van der Waals surface area (Å²) >= 11 is 1.08. The highest BCUT2D eigenvalue weighted by Gasteiger charge is 2.26. The van der Waals surface area contributed by atoms with Crippen molar-refractivity contribution in [1.82, 2.24) is 9.29 Å². The van der Waals surface area contributed by atoms with Crippen molar-refractivity contribution in [3.8, 4) is 5.75 Å². The predicted molar refractivity (Wildman–Crippen MR) is 115 cm³/mol. The van der Waals surface area contributed by atoms with Gasteiger partial charge in [-0.05, 0) is 74.6 Å². The molecular weight excluding hydrogens is 408 g/mol. The second kappa shape index (κ2) is 7.59. The van der Waals surface area contributed by atoms with Crippen LogP contribution in [0.15, 0.2) is 46.1 Å². The lowest BCUT2D eigenvalue weighted by atomic mass is 9.88. The minimum Gasteiger partial charge on any atom is -0.497 e. The van der Waals surface area contributed by atoms with Crippen molar-refractivity contribution >= 4 is 31.6 Å². The molecule has 154 valence electrons. The van der Waals surface area contributed by atoms with Crippen molar-refractivity contribution < 1.29 is 13.2 Å². The van der Waals surface area contributed by atoms with Crippen LogP contribution in [0.25, 0.3) is 10.2 Å². The van der Waals surface area contributed by atoms with Crippen LogP contribution in [0.2, 0.25) is 0 Å². The van der Waals surface area contributed by atoms with Gasteiger partial charge in [0.05, 0.1) is 22.2 Å². The van der Waals surface area contributed by atoms with Gasteiger partial charge in [0.1, 0.15) is 5.75 Å². The van der Waals surface area contributed by atoms with Crippen molar-refractivity contribution in [1.29, 1.82) is 0 Å². The molecule has 29 heavy (non-hydrogen) atoms. The van der Waals surface area contributed by atoms with E-state index in [1.54, 1.807) is 29.9 Å². The third-order valence-corrected chi connectivity index (χ3v) is 7.76. The predicted octanol–water partition coefficient (Wildman–Crippen LogP) is 4.01. The Labute approximate surface area is 174 Å². The molecule has 1 N–H and O–H groups in total. The average molecular weight is 433 g/mol. The van der Waals surface area contributed by atoms with Crippen LogP contribution in [0, 0.1) is 0 Å². The molecule has 4 rings (SSSR count). The summed E-state index contributed by atoms with van der Waals surface area (Å²) in [5.74, 6) is 0.780. The van der Waals surface area contributed by atoms with Crippen molar-refractivity contribution in [3.63, 3.8) is 0 Å². The Morgan fingerprint density at radius 1 is 1.21 bits per heavy atom. The number of benzene rings is 2. The molecule has 0 aliphatic heterocycles. The van der Waals surface area contributed by atoms with E-state index >= 15 is 0 Å². The summed E-state index contributed by atoms with van der Waals surface area (Å²) < 4.78 is 36.7. The zero-order valence-corrected chi connectivity index (χ0v) is 18.3. The zero-order valence-electron chi connectivity index (χ0n) is 16.6. The first-order valence-electron chi connectivity index (χ1n) is 9.64. The monoisotopic (exact) mass is 432 g/mol. The van der Waals surface area contributed by atoms with Crippen LogP contribution in [0.3, 0.4) is 0 Å². The Kier molecular flexibility index (Phi) is 5.27. The molecule has 0 spiro atoms. The molecule has 6 nitrogen and oxygen atoms in total. The lowest BCUT2D eigenvalue weighted by molar-refractivity contribution is 0.412. The van der Waals surface area contributed by atoms with Crippen LogP contribution in [0.4, 0.5) is 0 Å². The van der Waals surface area contributed by atoms with E-state index in [2.05, 4.69) is 4.72 Å². The van der Waals surface area contributed by atoms with E-state index < -0.39 is 10.0 Å². The van der Waals surface area contributed by atoms with Gasteiger partial charge >= 0.3 is 4.87 Å². The molecule has 0 amide bonds. The lowest BCUT2D eigenvalue weighted by Crippen LogP contribution is -2.31. The van der Waals surface area contributed by atoms with Gasteiger partial charge in [0.2, 0.25) is 10.0 Å². The Morgan fingerprint density at radius 3 is 2.72 bits per heavy atom. The maximum Gasteiger partial charge on any atom is 0.308 e. The molecule has 2 aromatic carbocycles. The van der Waals surface area contributed by atoms with Crippen molar-refractivity contribution in [2.75, 3.05) is 7.11 Å². The Hall–Kier alpha value is -2.16. The van der Waals surface area contributed by atoms with Gasteiger partial charge in [-0.3, -0.25) is 9.36 Å². The number of aromatic nitrogens is 1. The summed E-state index contributed by atoms with van der Waals surface area (Å²) in [5.41, 5.74) is 2.88. The molecule has 1 aliphatic carbocycles. The SMILES string of the molecule is COc1ccc2c(c1)CCCC2NS(=O)(=O)c1ccc2c(c1)sc(=O)n2C(C)C. The maximum absolute atomic E-state index is 13.1. The Morgan fingerprint density at radius 2 is 2.00 bits per heavy atom. The molecule has 1 atom stereocenters. The molecule has 0 radical (unpaired) electrons. The summed E-state index contributed by atoms with van der Waals surface area (Å²) in [6, 6.07) is 10.4. The van der Waals surface area contributed by atoms with Gasteiger partial charge in [-0.1, -0.05) is 17.4 Å². The number of hydrogen-bond acceptors (Lipinski definition) is 5. The van der Waals surface area contributed by atoms with E-state index in [1.807, 2.05) is 32.0 Å². The van der Waals surface area contributed by atoms with E-state index in [0.29, 0.717) is 4.70 Å². The smallest absolute Gasteiger partial charge is 0.308 e. The van der Waals surface area contributed by atoms with Crippen LogP contribution in [-0.2, 0) is 16.4 Å². The number of sulfonamides is 1. The summed E-state index contributed by atoms with van der Waals surface area (Å²) in [5, 5.41) is 0. The number of fused-ring (bicyclic) bond motifs is 2. The molecule has 0 saturated heterocycles. The number of hydrogen-bond donors (Lipinski definition) is 1. The number of ether oxygens (including phenoxy) is 1. The molecule has 8 heteroatoms. The standard InChI is InChI=1S/C21H24N2O4S2/c1-13(2)23-19-10-8-16(12-20(19)28-21(23)24)29(25,26)22-18-6-4-5-14-11-15(27-3)7-9-17(14)18/h7-13,18,22H,4-6H2,1-3H3. The first-order chi connectivity index (χ1) is 13.8. The van der Waals surface area contributed by atoms with Crippen molar-refractivity contribution in [2.45, 2.75) is 50.1 Å². The highest BCUT2D eigenvalue weighted by Crippen LogP contribution is 2.33. The van der Waals surface area contributed by atoms with Crippen LogP contribution in [-0.4, -0.2) is 20.1 Å². The van der Waals surface area contributed by atoms with E-state index in [9.17, 15) is 13.2 Å². The quantitative estimate of drug-likeness (QED) is 0.661. The first-order valence-corrected chi connectivity index (χ1v) is 11.9. The van der Waals surface area contributed by atoms with Gasteiger partial charge in [0, 0.05) is 12.1 Å². The van der Waals surface area contributed by atoms with Gasteiger partial charge in [-0.25, -0.2) is 13.1 Å². The topological polar surface area (TPSA) is 77.4 Å². The van der Waals surface area contributed by atoms with Gasteiger partial charge in [0.15, 0.2) is 0 Å². The van der Waals surface area contributed by atoms with Crippen LogP contribution in [0.5, 0.6) is 5.75 Å². The number of nitrogens with one attached hydrogen (secondary N) is 1. The van der Waals surface area contributed by atoms with Crippen LogP contribution >= 0.6 is 11.3 Å². The summed E-state index contributed by atoms with van der Waals surface area (Å²) in [6.45, 7) is 3.88. The molecule has 3 aromatic rings. The summed E-state index contributed by atoms with van der Waals surface area (Å²) in [6.07, 6.45) is 2.57. The molecule has 1 heterocycles. The first kappa shape index (κ1) is 20.1. The fourth-order valence-corrected chi connectivity index (χ4v) is 6.37. The van der Waals surface area contributed by atoms with Crippen LogP contribution in [0.1, 0.15) is 49.9 Å². The second-order valence-corrected chi connectivity index (χ2v) is 10.3. The molecule has 1 aliphatic rings. The third-order valence-electron chi connectivity index (χ3n) is 5.37. The van der Waals surface area contributed by atoms with E-state index in [-0.39, 0.29) is 21.9 Å². The number of aryl methyl sites for hydroxylation is 1. The summed E-state index contributed by atoms with van der Waals surface area (Å²) in [4.78, 5) is 12.4. The fraction of sp³-hybridized carbons (Fsp3) is 0.381. The number of rotatable bonds is 5. The number of nitrogens with zero attached hydrogens (tertiary/aromatic N) is 1. The lowest BCUT2D eigenvalue weighted by Gasteiger charge is -2.26. The van der Waals surface area contributed by atoms with Gasteiger partial charge in [-0.15, -0.1) is 0 Å². The van der Waals surface area contributed by atoms with E-state index in [1.165, 1.54) is 0 Å². The van der Waals surface area contributed by atoms with Gasteiger partial charge in [-0.2, -0.15) is 0 Å². The average Bonchev–Trinajstić information content (AvgIpc) is 3.02. The van der Waals surface area contributed by atoms with E-state index in [0.717, 1.165) is 53.0 Å². The Bertz CT molecular complexity index is 1230. The molecular formula is C21H24N2O4S2. The van der Waals surface area contributed by atoms with Crippen molar-refractivity contribution in [3.05, 3.63) is 57.2 Å². The van der Waals surface area contributed by atoms with Gasteiger partial charge in [0.25, 0.3) is 0 Å². The minimum atomic E-state index is -3.72. The van der Waals surface area contributed by atoms with Crippen LogP contribution < -0.4 is 14.3 Å². The van der Waals surface area contributed by atoms with Gasteiger partial charge < -0.3 is 4.74 Å². The number of thiazole rings is 1. The minimum absolute atomic E-state index is 0.0209. The molecule has 0 bridgehead atoms. The molecule has 1 unspecified atom stereocenters. The normalized spacial score (nSPS) is 16.9. The van der Waals surface area contributed by atoms with Crippen molar-refractivity contribution in [2.24, 2.45) is 0 Å². The molecule has 1 aromatic heterocycles. The highest BCUT2D eigenvalue weighted by molar-refractivity contribution is 7.89. The summed E-state index contributed by atoms with van der Waals surface area (Å²) in [7, 11) is -2.09. The molecule has 0 fully saturated rings. The largest absolute Gasteiger partial charge is 0.497 e.